The first-order valence-electron chi connectivity index (χ1n) is 8.95. The average molecular weight is 445 g/mol. The van der Waals surface area contributed by atoms with E-state index >= 15 is 0 Å². The molecule has 0 unspecified atom stereocenters. The predicted octanol–water partition coefficient (Wildman–Crippen LogP) is 6.29. The van der Waals surface area contributed by atoms with E-state index in [0.717, 1.165) is 21.5 Å². The van der Waals surface area contributed by atoms with Crippen molar-refractivity contribution in [3.05, 3.63) is 77.8 Å². The molecule has 1 saturated carbocycles. The SMILES string of the molecule is O=C1CC(c2ccco2)CC(=O)C1=C1SC2=C(SCc3ccccc3CS2)S1. The van der Waals surface area contributed by atoms with Gasteiger partial charge in [-0.1, -0.05) is 47.8 Å². The van der Waals surface area contributed by atoms with E-state index in [1.54, 1.807) is 35.9 Å². The van der Waals surface area contributed by atoms with Crippen molar-refractivity contribution in [1.29, 1.82) is 0 Å². The third-order valence-electron chi connectivity index (χ3n) is 4.94. The van der Waals surface area contributed by atoms with E-state index in [-0.39, 0.29) is 17.5 Å². The highest BCUT2D eigenvalue weighted by Crippen LogP contribution is 2.60. The summed E-state index contributed by atoms with van der Waals surface area (Å²) in [6.07, 6.45) is 2.28. The number of carbonyl (C=O) groups is 2. The van der Waals surface area contributed by atoms with Gasteiger partial charge in [-0.15, -0.1) is 23.5 Å². The highest BCUT2D eigenvalue weighted by molar-refractivity contribution is 8.40. The molecule has 0 bridgehead atoms. The Morgan fingerprint density at radius 2 is 1.39 bits per heavy atom. The molecule has 3 aliphatic rings. The van der Waals surface area contributed by atoms with Crippen LogP contribution in [-0.4, -0.2) is 11.6 Å². The van der Waals surface area contributed by atoms with E-state index < -0.39 is 0 Å². The third kappa shape index (κ3) is 3.54. The van der Waals surface area contributed by atoms with Gasteiger partial charge in [0.1, 0.15) is 5.76 Å². The van der Waals surface area contributed by atoms with Crippen molar-refractivity contribution in [3.63, 3.8) is 0 Å². The lowest BCUT2D eigenvalue weighted by Gasteiger charge is -2.21. The van der Waals surface area contributed by atoms with Crippen molar-refractivity contribution >= 4 is 58.6 Å². The molecule has 0 saturated heterocycles. The minimum atomic E-state index is -0.136. The lowest BCUT2D eigenvalue weighted by atomic mass is 9.83. The van der Waals surface area contributed by atoms with Crippen molar-refractivity contribution in [2.45, 2.75) is 30.3 Å². The van der Waals surface area contributed by atoms with Crippen LogP contribution < -0.4 is 0 Å². The first-order chi connectivity index (χ1) is 13.7. The fourth-order valence-corrected chi connectivity index (χ4v) is 9.56. The topological polar surface area (TPSA) is 47.3 Å². The molecule has 1 aromatic carbocycles. The van der Waals surface area contributed by atoms with E-state index in [9.17, 15) is 9.59 Å². The Hall–Kier alpha value is -1.28. The minimum Gasteiger partial charge on any atom is -0.469 e. The van der Waals surface area contributed by atoms with Crippen molar-refractivity contribution in [2.24, 2.45) is 0 Å². The molecule has 1 fully saturated rings. The van der Waals surface area contributed by atoms with Crippen LogP contribution in [0.5, 0.6) is 0 Å². The van der Waals surface area contributed by atoms with Crippen LogP contribution in [0.2, 0.25) is 0 Å². The van der Waals surface area contributed by atoms with Crippen LogP contribution in [0, 0.1) is 0 Å². The number of furan rings is 1. The zero-order chi connectivity index (χ0) is 19.1. The monoisotopic (exact) mass is 444 g/mol. The van der Waals surface area contributed by atoms with Crippen LogP contribution in [0.4, 0.5) is 0 Å². The van der Waals surface area contributed by atoms with Gasteiger partial charge >= 0.3 is 0 Å². The highest BCUT2D eigenvalue weighted by atomic mass is 32.3. The van der Waals surface area contributed by atoms with Crippen LogP contribution in [0.15, 0.2) is 65.4 Å². The van der Waals surface area contributed by atoms with Crippen LogP contribution >= 0.6 is 47.0 Å². The molecular weight excluding hydrogens is 428 g/mol. The fourth-order valence-electron chi connectivity index (χ4n) is 3.51. The number of thioether (sulfide) groups is 4. The van der Waals surface area contributed by atoms with Gasteiger partial charge in [-0.05, 0) is 23.3 Å². The van der Waals surface area contributed by atoms with Gasteiger partial charge in [-0.25, -0.2) is 0 Å². The summed E-state index contributed by atoms with van der Waals surface area (Å²) in [6.45, 7) is 0. The van der Waals surface area contributed by atoms with E-state index in [0.29, 0.717) is 18.4 Å². The maximum absolute atomic E-state index is 12.8. The summed E-state index contributed by atoms with van der Waals surface area (Å²) in [5.74, 6) is 2.33. The van der Waals surface area contributed by atoms with Crippen LogP contribution in [0.3, 0.4) is 0 Å². The average Bonchev–Trinajstić information content (AvgIpc) is 3.33. The second-order valence-corrected chi connectivity index (χ2v) is 11.5. The van der Waals surface area contributed by atoms with E-state index in [2.05, 4.69) is 24.3 Å². The summed E-state index contributed by atoms with van der Waals surface area (Å²) in [6, 6.07) is 12.2. The zero-order valence-electron chi connectivity index (χ0n) is 14.8. The first kappa shape index (κ1) is 18.7. The van der Waals surface area contributed by atoms with Gasteiger partial charge in [0.15, 0.2) is 11.6 Å². The van der Waals surface area contributed by atoms with E-state index in [1.165, 1.54) is 19.6 Å². The molecule has 1 aromatic heterocycles. The quantitative estimate of drug-likeness (QED) is 0.378. The standard InChI is InChI=1S/C21H16O3S4/c22-15-8-14(17-6-3-7-24-17)9-16(23)18(15)19-27-20-21(28-19)26-11-13-5-2-1-4-12(13)10-25-20/h1-7,14H,8-11H2. The highest BCUT2D eigenvalue weighted by Gasteiger charge is 2.37. The molecule has 0 radical (unpaired) electrons. The Kier molecular flexibility index (Phi) is 5.26. The lowest BCUT2D eigenvalue weighted by Crippen LogP contribution is -2.25. The number of hydrogen-bond acceptors (Lipinski definition) is 7. The summed E-state index contributed by atoms with van der Waals surface area (Å²) < 4.78 is 8.73. The Balaban J connectivity index is 1.37. The number of carbonyl (C=O) groups excluding carboxylic acids is 2. The summed E-state index contributed by atoms with van der Waals surface area (Å²) in [5.41, 5.74) is 3.14. The van der Waals surface area contributed by atoms with Gasteiger partial charge in [-0.3, -0.25) is 9.59 Å². The van der Waals surface area contributed by atoms with Crippen molar-refractivity contribution < 1.29 is 14.0 Å². The number of ketones is 2. The Morgan fingerprint density at radius 3 is 1.93 bits per heavy atom. The Labute approximate surface area is 180 Å². The molecule has 142 valence electrons. The van der Waals surface area contributed by atoms with Gasteiger partial charge in [0.2, 0.25) is 0 Å². The summed E-state index contributed by atoms with van der Waals surface area (Å²) >= 11 is 6.82. The maximum Gasteiger partial charge on any atom is 0.168 e. The summed E-state index contributed by atoms with van der Waals surface area (Å²) in [4.78, 5) is 25.7. The van der Waals surface area contributed by atoms with E-state index in [1.807, 2.05) is 29.6 Å². The molecule has 0 atom stereocenters. The summed E-state index contributed by atoms with van der Waals surface area (Å²) in [7, 11) is 0. The molecule has 0 N–H and O–H groups in total. The number of allylic oxidation sites excluding steroid dienone is 1. The molecule has 7 heteroatoms. The second kappa shape index (κ2) is 7.86. The molecule has 1 aliphatic carbocycles. The molecule has 0 amide bonds. The predicted molar refractivity (Wildman–Crippen MR) is 119 cm³/mol. The molecular formula is C21H16O3S4. The van der Waals surface area contributed by atoms with Crippen molar-refractivity contribution in [3.8, 4) is 0 Å². The molecule has 5 rings (SSSR count). The molecule has 3 heterocycles. The smallest absolute Gasteiger partial charge is 0.168 e. The number of hydrogen-bond donors (Lipinski definition) is 0. The Bertz CT molecular complexity index is 959. The van der Waals surface area contributed by atoms with Crippen molar-refractivity contribution in [2.75, 3.05) is 0 Å². The van der Waals surface area contributed by atoms with E-state index in [4.69, 9.17) is 4.42 Å². The fraction of sp³-hybridized carbons (Fsp3) is 0.238. The van der Waals surface area contributed by atoms with Gasteiger partial charge in [0, 0.05) is 30.3 Å². The minimum absolute atomic E-state index is 0.0543. The van der Waals surface area contributed by atoms with Crippen LogP contribution in [0.1, 0.15) is 35.6 Å². The van der Waals surface area contributed by atoms with Gasteiger partial charge in [0.25, 0.3) is 0 Å². The molecule has 0 spiro atoms. The Morgan fingerprint density at radius 1 is 0.786 bits per heavy atom. The van der Waals surface area contributed by atoms with Gasteiger partial charge in [0.05, 0.1) is 24.5 Å². The van der Waals surface area contributed by atoms with Crippen molar-refractivity contribution in [1.82, 2.24) is 0 Å². The maximum atomic E-state index is 12.8. The molecule has 3 nitrogen and oxygen atoms in total. The lowest BCUT2D eigenvalue weighted by molar-refractivity contribution is -0.124. The number of rotatable bonds is 1. The normalized spacial score (nSPS) is 22.8. The number of Topliss-reactive ketones (excluding diaryl/α,β-unsaturated/α-hetero) is 2. The summed E-state index contributed by atoms with van der Waals surface area (Å²) in [5, 5.41) is 0. The molecule has 2 aliphatic heterocycles. The van der Waals surface area contributed by atoms with Gasteiger partial charge in [-0.2, -0.15) is 0 Å². The molecule has 28 heavy (non-hydrogen) atoms. The number of benzene rings is 1. The first-order valence-corrected chi connectivity index (χ1v) is 12.6. The molecule has 2 aromatic rings. The van der Waals surface area contributed by atoms with Crippen LogP contribution in [-0.2, 0) is 21.1 Å². The zero-order valence-corrected chi connectivity index (χ0v) is 18.1. The second-order valence-electron chi connectivity index (χ2n) is 6.75. The third-order valence-corrected chi connectivity index (χ3v) is 10.6. The number of fused-ring (bicyclic) bond motifs is 1. The van der Waals surface area contributed by atoms with Crippen LogP contribution in [0.25, 0.3) is 0 Å². The van der Waals surface area contributed by atoms with Gasteiger partial charge < -0.3 is 4.42 Å². The largest absolute Gasteiger partial charge is 0.469 e.